The summed E-state index contributed by atoms with van der Waals surface area (Å²) in [5.41, 5.74) is 6.64. The molecule has 0 atom stereocenters. The van der Waals surface area contributed by atoms with E-state index in [2.05, 4.69) is 41.4 Å². The molecule has 3 rings (SSSR count). The van der Waals surface area contributed by atoms with Crippen LogP contribution in [-0.2, 0) is 16.8 Å². The molecule has 3 aromatic rings. The highest BCUT2D eigenvalue weighted by Crippen LogP contribution is 2.21. The molecule has 0 aliphatic rings. The number of carbonyl (C=O) groups excluding carboxylic acids is 1. The van der Waals surface area contributed by atoms with Crippen LogP contribution in [0.2, 0.25) is 0 Å². The van der Waals surface area contributed by atoms with Gasteiger partial charge in [0.25, 0.3) is 5.91 Å². The number of nitrogens with two attached hydrogens (primary N) is 1. The summed E-state index contributed by atoms with van der Waals surface area (Å²) in [7, 11) is 0. The molecule has 1 amide bonds. The van der Waals surface area contributed by atoms with E-state index >= 15 is 0 Å². The Morgan fingerprint density at radius 1 is 1.23 bits per heavy atom. The number of amides is 1. The Bertz CT molecular complexity index is 929. The van der Waals surface area contributed by atoms with Gasteiger partial charge in [-0.1, -0.05) is 32.9 Å². The van der Waals surface area contributed by atoms with Crippen molar-refractivity contribution in [2.75, 3.05) is 11.9 Å². The predicted octanol–water partition coefficient (Wildman–Crippen LogP) is 1.90. The molecule has 0 radical (unpaired) electrons. The van der Waals surface area contributed by atoms with E-state index in [1.165, 1.54) is 0 Å². The van der Waals surface area contributed by atoms with Gasteiger partial charge >= 0.3 is 0 Å². The number of hydrogen-bond acceptors (Lipinski definition) is 6. The number of primary amides is 1. The molecule has 136 valence electrons. The number of rotatable bonds is 6. The lowest BCUT2D eigenvalue weighted by molar-refractivity contribution is -0.119. The van der Waals surface area contributed by atoms with Crippen molar-refractivity contribution in [1.82, 2.24) is 19.8 Å². The van der Waals surface area contributed by atoms with Gasteiger partial charge < -0.3 is 15.8 Å². The molecule has 2 aromatic heterocycles. The molecular weight excluding hydrogens is 332 g/mol. The summed E-state index contributed by atoms with van der Waals surface area (Å²) in [6, 6.07) is 11.2. The van der Waals surface area contributed by atoms with Crippen molar-refractivity contribution >= 4 is 17.4 Å². The molecule has 0 saturated carbocycles. The average molecular weight is 354 g/mol. The molecule has 2 heterocycles. The minimum Gasteiger partial charge on any atom is -0.484 e. The lowest BCUT2D eigenvalue weighted by atomic mass is 9.96. The summed E-state index contributed by atoms with van der Waals surface area (Å²) in [4.78, 5) is 10.8. The second kappa shape index (κ2) is 6.99. The van der Waals surface area contributed by atoms with Crippen molar-refractivity contribution < 1.29 is 9.53 Å². The van der Waals surface area contributed by atoms with Crippen molar-refractivity contribution in [2.24, 2.45) is 5.73 Å². The van der Waals surface area contributed by atoms with Crippen LogP contribution >= 0.6 is 0 Å². The summed E-state index contributed by atoms with van der Waals surface area (Å²) in [6.07, 6.45) is 0. The van der Waals surface area contributed by atoms with E-state index in [0.29, 0.717) is 23.8 Å². The molecule has 0 aliphatic heterocycles. The lowest BCUT2D eigenvalue weighted by Gasteiger charge is -2.15. The van der Waals surface area contributed by atoms with Crippen LogP contribution in [0.3, 0.4) is 0 Å². The molecule has 0 fully saturated rings. The molecule has 0 aliphatic carbocycles. The highest BCUT2D eigenvalue weighted by atomic mass is 16.5. The van der Waals surface area contributed by atoms with Gasteiger partial charge in [0.15, 0.2) is 18.1 Å². The third kappa shape index (κ3) is 4.08. The third-order valence-electron chi connectivity index (χ3n) is 3.69. The zero-order valence-electron chi connectivity index (χ0n) is 15.1. The van der Waals surface area contributed by atoms with E-state index in [0.717, 1.165) is 11.4 Å². The quantitative estimate of drug-likeness (QED) is 0.700. The normalized spacial score (nSPS) is 11.5. The van der Waals surface area contributed by atoms with E-state index in [4.69, 9.17) is 10.5 Å². The number of benzene rings is 1. The van der Waals surface area contributed by atoms with Crippen molar-refractivity contribution in [1.29, 1.82) is 0 Å². The van der Waals surface area contributed by atoms with E-state index in [9.17, 15) is 4.79 Å². The van der Waals surface area contributed by atoms with Gasteiger partial charge in [-0.2, -0.15) is 4.52 Å². The van der Waals surface area contributed by atoms with Gasteiger partial charge in [0, 0.05) is 12.0 Å². The summed E-state index contributed by atoms with van der Waals surface area (Å²) in [6.45, 7) is 6.63. The Hall–Kier alpha value is -3.16. The summed E-state index contributed by atoms with van der Waals surface area (Å²) >= 11 is 0. The van der Waals surface area contributed by atoms with Gasteiger partial charge in [-0.15, -0.1) is 15.3 Å². The minimum atomic E-state index is -0.505. The lowest BCUT2D eigenvalue weighted by Crippen LogP contribution is -2.20. The van der Waals surface area contributed by atoms with Crippen LogP contribution in [0, 0.1) is 0 Å². The van der Waals surface area contributed by atoms with Gasteiger partial charge in [-0.25, -0.2) is 0 Å². The van der Waals surface area contributed by atoms with Crippen LogP contribution in [0.4, 0.5) is 5.82 Å². The number of anilines is 1. The zero-order chi connectivity index (χ0) is 18.7. The average Bonchev–Trinajstić information content (AvgIpc) is 3.02. The third-order valence-corrected chi connectivity index (χ3v) is 3.69. The number of fused-ring (bicyclic) bond motifs is 1. The number of aromatic nitrogens is 4. The van der Waals surface area contributed by atoms with E-state index in [-0.39, 0.29) is 12.0 Å². The molecule has 26 heavy (non-hydrogen) atoms. The first kappa shape index (κ1) is 17.7. The fraction of sp³-hybridized carbons (Fsp3) is 0.333. The second-order valence-electron chi connectivity index (χ2n) is 7.02. The van der Waals surface area contributed by atoms with Crippen LogP contribution < -0.4 is 15.8 Å². The van der Waals surface area contributed by atoms with Crippen molar-refractivity contribution in [3.63, 3.8) is 0 Å². The van der Waals surface area contributed by atoms with E-state index in [1.807, 2.05) is 30.3 Å². The van der Waals surface area contributed by atoms with Crippen LogP contribution in [0.5, 0.6) is 5.75 Å². The Balaban J connectivity index is 1.73. The van der Waals surface area contributed by atoms with Gasteiger partial charge in [0.1, 0.15) is 11.6 Å². The van der Waals surface area contributed by atoms with Crippen molar-refractivity contribution in [2.45, 2.75) is 32.7 Å². The van der Waals surface area contributed by atoms with Crippen LogP contribution in [0.25, 0.3) is 5.65 Å². The standard InChI is InChI=1S/C18H22N6O2/c1-18(2,3)17-22-21-16-8-7-15(23-24(16)17)20-10-12-5-4-6-13(9-12)26-11-14(19)25/h4-9H,10-11H2,1-3H3,(H2,19,25)(H,20,23). The Morgan fingerprint density at radius 2 is 2.04 bits per heavy atom. The van der Waals surface area contributed by atoms with Gasteiger partial charge in [0.05, 0.1) is 0 Å². The molecule has 8 heteroatoms. The molecule has 1 aromatic carbocycles. The first-order valence-electron chi connectivity index (χ1n) is 8.30. The maximum absolute atomic E-state index is 10.8. The van der Waals surface area contributed by atoms with Crippen LogP contribution in [0.15, 0.2) is 36.4 Å². The van der Waals surface area contributed by atoms with Gasteiger partial charge in [-0.05, 0) is 29.8 Å². The smallest absolute Gasteiger partial charge is 0.255 e. The van der Waals surface area contributed by atoms with Crippen molar-refractivity contribution in [3.05, 3.63) is 47.8 Å². The summed E-state index contributed by atoms with van der Waals surface area (Å²) in [5, 5.41) is 16.3. The topological polar surface area (TPSA) is 107 Å². The number of nitrogens with zero attached hydrogens (tertiary/aromatic N) is 4. The van der Waals surface area contributed by atoms with Crippen LogP contribution in [-0.4, -0.2) is 32.3 Å². The maximum atomic E-state index is 10.8. The van der Waals surface area contributed by atoms with Crippen LogP contribution in [0.1, 0.15) is 32.2 Å². The second-order valence-corrected chi connectivity index (χ2v) is 7.02. The molecule has 3 N–H and O–H groups in total. The van der Waals surface area contributed by atoms with E-state index < -0.39 is 5.91 Å². The number of nitrogens with one attached hydrogen (secondary N) is 1. The highest BCUT2D eigenvalue weighted by molar-refractivity contribution is 5.75. The molecule has 0 bridgehead atoms. The largest absolute Gasteiger partial charge is 0.484 e. The number of hydrogen-bond donors (Lipinski definition) is 2. The number of carbonyl (C=O) groups is 1. The summed E-state index contributed by atoms with van der Waals surface area (Å²) < 4.78 is 7.08. The molecule has 0 spiro atoms. The highest BCUT2D eigenvalue weighted by Gasteiger charge is 2.21. The SMILES string of the molecule is CC(C)(C)c1nnc2ccc(NCc3cccc(OCC(N)=O)c3)nn12. The van der Waals surface area contributed by atoms with Gasteiger partial charge in [0.2, 0.25) is 0 Å². The Kier molecular flexibility index (Phi) is 4.75. The fourth-order valence-corrected chi connectivity index (χ4v) is 2.44. The van der Waals surface area contributed by atoms with E-state index in [1.54, 1.807) is 10.6 Å². The number of ether oxygens (including phenoxy) is 1. The molecule has 0 saturated heterocycles. The molecule has 8 nitrogen and oxygen atoms in total. The predicted molar refractivity (Wildman–Crippen MR) is 97.9 cm³/mol. The van der Waals surface area contributed by atoms with Crippen molar-refractivity contribution in [3.8, 4) is 5.75 Å². The molecule has 0 unspecified atom stereocenters. The first-order valence-corrected chi connectivity index (χ1v) is 8.30. The monoisotopic (exact) mass is 354 g/mol. The Labute approximate surface area is 151 Å². The van der Waals surface area contributed by atoms with Gasteiger partial charge in [-0.3, -0.25) is 4.79 Å². The molecular formula is C18H22N6O2. The first-order chi connectivity index (χ1) is 12.3. The summed E-state index contributed by atoms with van der Waals surface area (Å²) in [5.74, 6) is 1.61. The Morgan fingerprint density at radius 3 is 2.77 bits per heavy atom. The maximum Gasteiger partial charge on any atom is 0.255 e. The fourth-order valence-electron chi connectivity index (χ4n) is 2.44. The zero-order valence-corrected chi connectivity index (χ0v) is 15.1. The minimum absolute atomic E-state index is 0.141.